The number of anilines is 1. The van der Waals surface area contributed by atoms with E-state index in [1.807, 2.05) is 0 Å². The van der Waals surface area contributed by atoms with Crippen LogP contribution in [-0.2, 0) is 19.6 Å². The number of primary sulfonamides is 1. The molecule has 1 amide bonds. The Hall–Kier alpha value is -2.91. The lowest BCUT2D eigenvalue weighted by Gasteiger charge is -2.14. The molecule has 0 aliphatic rings. The van der Waals surface area contributed by atoms with Gasteiger partial charge >= 0.3 is 5.97 Å². The van der Waals surface area contributed by atoms with Crippen molar-refractivity contribution in [3.05, 3.63) is 54.1 Å². The highest BCUT2D eigenvalue weighted by atomic mass is 32.2. The molecule has 0 saturated heterocycles. The third-order valence-corrected chi connectivity index (χ3v) is 4.11. The summed E-state index contributed by atoms with van der Waals surface area (Å²) >= 11 is 0. The van der Waals surface area contributed by atoms with E-state index in [1.165, 1.54) is 55.5 Å². The van der Waals surface area contributed by atoms with Gasteiger partial charge in [-0.2, -0.15) is 0 Å². The average molecular weight is 364 g/mol. The molecule has 1 atom stereocenters. The summed E-state index contributed by atoms with van der Waals surface area (Å²) in [6.45, 7) is 1.38. The van der Waals surface area contributed by atoms with Gasteiger partial charge in [-0.3, -0.25) is 4.79 Å². The lowest BCUT2D eigenvalue weighted by atomic mass is 10.2. The molecule has 132 valence electrons. The Morgan fingerprint density at radius 1 is 1.16 bits per heavy atom. The number of esters is 1. The Morgan fingerprint density at radius 3 is 2.36 bits per heavy atom. The Labute approximate surface area is 144 Å². The number of aromatic hydroxyl groups is 1. The fourth-order valence-electron chi connectivity index (χ4n) is 1.89. The minimum atomic E-state index is -3.82. The zero-order valence-corrected chi connectivity index (χ0v) is 14.0. The molecule has 0 bridgehead atoms. The van der Waals surface area contributed by atoms with Crippen LogP contribution in [0.1, 0.15) is 17.3 Å². The summed E-state index contributed by atoms with van der Waals surface area (Å²) in [6, 6.07) is 10.8. The normalized spacial score (nSPS) is 12.2. The molecule has 0 radical (unpaired) electrons. The number of hydrogen-bond donors (Lipinski definition) is 3. The molecule has 2 aromatic carbocycles. The van der Waals surface area contributed by atoms with Crippen LogP contribution in [-0.4, -0.2) is 31.5 Å². The van der Waals surface area contributed by atoms with Crippen LogP contribution in [0, 0.1) is 0 Å². The summed E-state index contributed by atoms with van der Waals surface area (Å²) in [4.78, 5) is 23.9. The van der Waals surface area contributed by atoms with Crippen LogP contribution in [0.15, 0.2) is 53.4 Å². The minimum absolute atomic E-state index is 0.0890. The lowest BCUT2D eigenvalue weighted by molar-refractivity contribution is -0.123. The van der Waals surface area contributed by atoms with E-state index in [9.17, 15) is 23.1 Å². The van der Waals surface area contributed by atoms with Crippen molar-refractivity contribution in [2.24, 2.45) is 5.14 Å². The van der Waals surface area contributed by atoms with E-state index in [1.54, 1.807) is 0 Å². The van der Waals surface area contributed by atoms with Gasteiger partial charge in [-0.05, 0) is 49.4 Å². The van der Waals surface area contributed by atoms with Crippen molar-refractivity contribution in [3.63, 3.8) is 0 Å². The molecule has 4 N–H and O–H groups in total. The molecule has 0 aliphatic carbocycles. The van der Waals surface area contributed by atoms with Crippen molar-refractivity contribution in [1.29, 1.82) is 0 Å². The average Bonchev–Trinajstić information content (AvgIpc) is 2.54. The highest BCUT2D eigenvalue weighted by Gasteiger charge is 2.19. The molecule has 8 nitrogen and oxygen atoms in total. The van der Waals surface area contributed by atoms with Crippen LogP contribution in [0.3, 0.4) is 0 Å². The number of ether oxygens (including phenoxy) is 1. The third kappa shape index (κ3) is 5.03. The standard InChI is InChI=1S/C16H16N2O6S/c1-10(24-16(21)11-3-2-4-13(19)9-11)15(20)18-12-5-7-14(8-6-12)25(17,22)23/h2-10,19H,1H3,(H,18,20)(H2,17,22,23)/t10-/m0/s1. The molecule has 2 aromatic rings. The second kappa shape index (κ2) is 7.32. The second-order valence-corrected chi connectivity index (χ2v) is 6.72. The van der Waals surface area contributed by atoms with Crippen molar-refractivity contribution < 1.29 is 27.9 Å². The van der Waals surface area contributed by atoms with Crippen LogP contribution in [0.25, 0.3) is 0 Å². The van der Waals surface area contributed by atoms with Gasteiger partial charge in [-0.1, -0.05) is 6.07 Å². The number of benzene rings is 2. The quantitative estimate of drug-likeness (QED) is 0.683. The van der Waals surface area contributed by atoms with Crippen LogP contribution in [0.4, 0.5) is 5.69 Å². The molecule has 25 heavy (non-hydrogen) atoms. The van der Waals surface area contributed by atoms with Gasteiger partial charge in [0, 0.05) is 5.69 Å². The van der Waals surface area contributed by atoms with Gasteiger partial charge < -0.3 is 15.2 Å². The highest BCUT2D eigenvalue weighted by Crippen LogP contribution is 2.15. The van der Waals surface area contributed by atoms with Gasteiger partial charge in [0.15, 0.2) is 6.10 Å². The van der Waals surface area contributed by atoms with Gasteiger partial charge in [0.2, 0.25) is 10.0 Å². The summed E-state index contributed by atoms with van der Waals surface area (Å²) in [5.41, 5.74) is 0.426. The molecule has 0 saturated carbocycles. The first-order valence-electron chi connectivity index (χ1n) is 7.10. The van der Waals surface area contributed by atoms with E-state index in [2.05, 4.69) is 5.32 Å². The van der Waals surface area contributed by atoms with Crippen molar-refractivity contribution in [2.75, 3.05) is 5.32 Å². The van der Waals surface area contributed by atoms with Gasteiger partial charge in [0.1, 0.15) is 5.75 Å². The van der Waals surface area contributed by atoms with Crippen molar-refractivity contribution in [1.82, 2.24) is 0 Å². The molecule has 0 spiro atoms. The van der Waals surface area contributed by atoms with E-state index in [-0.39, 0.29) is 16.2 Å². The largest absolute Gasteiger partial charge is 0.508 e. The van der Waals surface area contributed by atoms with Crippen LogP contribution in [0.2, 0.25) is 0 Å². The van der Waals surface area contributed by atoms with Gasteiger partial charge in [0.25, 0.3) is 5.91 Å². The van der Waals surface area contributed by atoms with Gasteiger partial charge in [-0.25, -0.2) is 18.4 Å². The second-order valence-electron chi connectivity index (χ2n) is 5.16. The Balaban J connectivity index is 1.99. The molecule has 0 fully saturated rings. The fraction of sp³-hybridized carbons (Fsp3) is 0.125. The van der Waals surface area contributed by atoms with E-state index < -0.39 is 28.0 Å². The summed E-state index contributed by atoms with van der Waals surface area (Å²) < 4.78 is 27.4. The maximum absolute atomic E-state index is 12.0. The Bertz CT molecular complexity index is 893. The van der Waals surface area contributed by atoms with Crippen molar-refractivity contribution >= 4 is 27.6 Å². The molecule has 0 aliphatic heterocycles. The molecule has 0 heterocycles. The van der Waals surface area contributed by atoms with Crippen LogP contribution in [0.5, 0.6) is 5.75 Å². The first-order chi connectivity index (χ1) is 11.7. The predicted molar refractivity (Wildman–Crippen MR) is 89.4 cm³/mol. The van der Waals surface area contributed by atoms with Gasteiger partial charge in [0.05, 0.1) is 10.5 Å². The van der Waals surface area contributed by atoms with Crippen molar-refractivity contribution in [2.45, 2.75) is 17.9 Å². The molecular weight excluding hydrogens is 348 g/mol. The smallest absolute Gasteiger partial charge is 0.339 e. The number of phenolic OH excluding ortho intramolecular Hbond substituents is 1. The molecule has 0 unspecified atom stereocenters. The van der Waals surface area contributed by atoms with E-state index in [4.69, 9.17) is 9.88 Å². The highest BCUT2D eigenvalue weighted by molar-refractivity contribution is 7.89. The molecular formula is C16H16N2O6S. The summed E-state index contributed by atoms with van der Waals surface area (Å²) in [7, 11) is -3.82. The number of rotatable bonds is 5. The molecule has 2 rings (SSSR count). The number of carbonyl (C=O) groups excluding carboxylic acids is 2. The predicted octanol–water partition coefficient (Wildman–Crippen LogP) is 1.22. The molecule has 0 aromatic heterocycles. The summed E-state index contributed by atoms with van der Waals surface area (Å²) in [5.74, 6) is -1.46. The number of sulfonamides is 1. The number of carbonyl (C=O) groups is 2. The SMILES string of the molecule is C[C@H](OC(=O)c1cccc(O)c1)C(=O)Nc1ccc(S(N)(=O)=O)cc1. The summed E-state index contributed by atoms with van der Waals surface area (Å²) in [5, 5.41) is 16.8. The number of nitrogens with two attached hydrogens (primary N) is 1. The zero-order chi connectivity index (χ0) is 18.6. The van der Waals surface area contributed by atoms with E-state index in [0.717, 1.165) is 0 Å². The topological polar surface area (TPSA) is 136 Å². The summed E-state index contributed by atoms with van der Waals surface area (Å²) in [6.07, 6.45) is -1.10. The minimum Gasteiger partial charge on any atom is -0.508 e. The Morgan fingerprint density at radius 2 is 1.80 bits per heavy atom. The maximum atomic E-state index is 12.0. The zero-order valence-electron chi connectivity index (χ0n) is 13.2. The first-order valence-corrected chi connectivity index (χ1v) is 8.65. The fourth-order valence-corrected chi connectivity index (χ4v) is 2.40. The monoisotopic (exact) mass is 364 g/mol. The number of amides is 1. The first kappa shape index (κ1) is 18.4. The third-order valence-electron chi connectivity index (χ3n) is 3.19. The number of hydrogen-bond acceptors (Lipinski definition) is 6. The van der Waals surface area contributed by atoms with Crippen molar-refractivity contribution in [3.8, 4) is 5.75 Å². The Kier molecular flexibility index (Phi) is 5.40. The number of nitrogens with one attached hydrogen (secondary N) is 1. The van der Waals surface area contributed by atoms with Crippen LogP contribution >= 0.6 is 0 Å². The lowest BCUT2D eigenvalue weighted by Crippen LogP contribution is -2.30. The van der Waals surface area contributed by atoms with E-state index in [0.29, 0.717) is 5.69 Å². The van der Waals surface area contributed by atoms with E-state index >= 15 is 0 Å². The van der Waals surface area contributed by atoms with Gasteiger partial charge in [-0.15, -0.1) is 0 Å². The van der Waals surface area contributed by atoms with Crippen LogP contribution < -0.4 is 10.5 Å². The maximum Gasteiger partial charge on any atom is 0.339 e. The molecule has 9 heteroatoms. The number of phenols is 1.